The van der Waals surface area contributed by atoms with Gasteiger partial charge in [-0.05, 0) is 17.9 Å². The predicted molar refractivity (Wildman–Crippen MR) is 133 cm³/mol. The molecule has 0 bridgehead atoms. The molecule has 0 fully saturated rings. The maximum atomic E-state index is 5.59. The van der Waals surface area contributed by atoms with Crippen LogP contribution in [0.5, 0.6) is 0 Å². The minimum atomic E-state index is 0.394. The molecule has 148 valence electrons. The van der Waals surface area contributed by atoms with E-state index in [-0.39, 0.29) is 0 Å². The van der Waals surface area contributed by atoms with Gasteiger partial charge in [0, 0.05) is 19.7 Å². The second-order valence-electron chi connectivity index (χ2n) is 6.53. The molecule has 1 unspecified atom stereocenters. The molecule has 4 nitrogen and oxygen atoms in total. The summed E-state index contributed by atoms with van der Waals surface area (Å²) >= 11 is 21.9. The van der Waals surface area contributed by atoms with Crippen molar-refractivity contribution >= 4 is 68.8 Å². The molecule has 0 aromatic heterocycles. The zero-order valence-corrected chi connectivity index (χ0v) is 19.4. The summed E-state index contributed by atoms with van der Waals surface area (Å²) in [5, 5.41) is 3.50. The molecule has 8 heteroatoms. The van der Waals surface area contributed by atoms with Gasteiger partial charge in [-0.2, -0.15) is 0 Å². The zero-order valence-electron chi connectivity index (χ0n) is 16.1. The van der Waals surface area contributed by atoms with Gasteiger partial charge in [-0.3, -0.25) is 20.9 Å². The van der Waals surface area contributed by atoms with E-state index in [4.69, 9.17) is 48.9 Å². The fourth-order valence-electron chi connectivity index (χ4n) is 2.70. The Morgan fingerprint density at radius 3 is 2.11 bits per heavy atom. The van der Waals surface area contributed by atoms with Crippen molar-refractivity contribution in [2.45, 2.75) is 19.8 Å². The van der Waals surface area contributed by atoms with Crippen LogP contribution in [0.1, 0.15) is 25.3 Å². The SMILES string of the molecule is CC1CC=CC=C1C(=S)N(C)NC(=S)CC(=S)NN(C)C(=S)c1ccccc1. The van der Waals surface area contributed by atoms with Crippen LogP contribution in [0.2, 0.25) is 0 Å². The summed E-state index contributed by atoms with van der Waals surface area (Å²) in [5.74, 6) is 0.394. The van der Waals surface area contributed by atoms with E-state index in [0.29, 0.717) is 27.3 Å². The first kappa shape index (κ1) is 22.5. The first-order chi connectivity index (χ1) is 13.3. The van der Waals surface area contributed by atoms with Crippen molar-refractivity contribution in [3.05, 3.63) is 59.7 Å². The molecule has 1 aromatic carbocycles. The van der Waals surface area contributed by atoms with Gasteiger partial charge in [-0.15, -0.1) is 0 Å². The molecule has 0 spiro atoms. The van der Waals surface area contributed by atoms with Crippen molar-refractivity contribution in [2.75, 3.05) is 14.1 Å². The quantitative estimate of drug-likeness (QED) is 0.525. The van der Waals surface area contributed by atoms with Gasteiger partial charge in [0.1, 0.15) is 20.0 Å². The minimum absolute atomic E-state index is 0.394. The first-order valence-corrected chi connectivity index (χ1v) is 10.5. The normalized spacial score (nSPS) is 15.2. The number of nitrogens with one attached hydrogen (secondary N) is 2. The maximum Gasteiger partial charge on any atom is 0.127 e. The van der Waals surface area contributed by atoms with Gasteiger partial charge in [0.15, 0.2) is 0 Å². The Hall–Kier alpha value is -1.74. The number of rotatable bonds is 4. The topological polar surface area (TPSA) is 30.5 Å². The number of hydrogen-bond acceptors (Lipinski definition) is 4. The van der Waals surface area contributed by atoms with Crippen molar-refractivity contribution in [1.82, 2.24) is 20.9 Å². The first-order valence-electron chi connectivity index (χ1n) is 8.86. The fourth-order valence-corrected chi connectivity index (χ4v) is 3.85. The monoisotopic (exact) mass is 448 g/mol. The molecule has 0 saturated carbocycles. The maximum absolute atomic E-state index is 5.59. The van der Waals surface area contributed by atoms with E-state index < -0.39 is 0 Å². The lowest BCUT2D eigenvalue weighted by atomic mass is 9.93. The lowest BCUT2D eigenvalue weighted by molar-refractivity contribution is 0.456. The largest absolute Gasteiger partial charge is 0.291 e. The van der Waals surface area contributed by atoms with Crippen LogP contribution in [-0.4, -0.2) is 44.1 Å². The molecule has 0 radical (unpaired) electrons. The van der Waals surface area contributed by atoms with Gasteiger partial charge >= 0.3 is 0 Å². The van der Waals surface area contributed by atoms with E-state index in [2.05, 4.69) is 29.9 Å². The number of benzene rings is 1. The highest BCUT2D eigenvalue weighted by Crippen LogP contribution is 2.21. The second-order valence-corrected chi connectivity index (χ2v) is 8.29. The van der Waals surface area contributed by atoms with Crippen molar-refractivity contribution < 1.29 is 0 Å². The van der Waals surface area contributed by atoms with Gasteiger partial charge < -0.3 is 0 Å². The number of hydrogen-bond donors (Lipinski definition) is 2. The fraction of sp³-hybridized carbons (Fsp3) is 0.300. The average molecular weight is 449 g/mol. The summed E-state index contributed by atoms with van der Waals surface area (Å²) in [4.78, 5) is 2.55. The van der Waals surface area contributed by atoms with Gasteiger partial charge in [0.2, 0.25) is 0 Å². The van der Waals surface area contributed by atoms with Crippen molar-refractivity contribution in [2.24, 2.45) is 5.92 Å². The van der Waals surface area contributed by atoms with Crippen LogP contribution in [0.15, 0.2) is 54.1 Å². The van der Waals surface area contributed by atoms with Crippen LogP contribution in [-0.2, 0) is 0 Å². The smallest absolute Gasteiger partial charge is 0.127 e. The Morgan fingerprint density at radius 1 is 0.964 bits per heavy atom. The average Bonchev–Trinajstić information content (AvgIpc) is 2.67. The van der Waals surface area contributed by atoms with E-state index in [0.717, 1.165) is 22.5 Å². The van der Waals surface area contributed by atoms with Gasteiger partial charge in [-0.25, -0.2) is 0 Å². The summed E-state index contributed by atoms with van der Waals surface area (Å²) in [6, 6.07) is 9.77. The minimum Gasteiger partial charge on any atom is -0.291 e. The molecule has 1 aliphatic carbocycles. The van der Waals surface area contributed by atoms with Crippen molar-refractivity contribution in [3.63, 3.8) is 0 Å². The summed E-state index contributed by atoms with van der Waals surface area (Å²) in [6.45, 7) is 2.16. The predicted octanol–water partition coefficient (Wildman–Crippen LogP) is 4.13. The van der Waals surface area contributed by atoms with Crippen molar-refractivity contribution in [3.8, 4) is 0 Å². The Kier molecular flexibility index (Phi) is 8.62. The molecule has 1 atom stereocenters. The number of likely N-dealkylation sites (N-methyl/N-ethyl adjacent to an activating group) is 1. The number of allylic oxidation sites excluding steroid dienone is 3. The van der Waals surface area contributed by atoms with E-state index in [1.807, 2.05) is 50.5 Å². The highest BCUT2D eigenvalue weighted by atomic mass is 32.1. The molecule has 0 saturated heterocycles. The van der Waals surface area contributed by atoms with Gasteiger partial charge in [0.25, 0.3) is 0 Å². The Labute approximate surface area is 188 Å². The highest BCUT2D eigenvalue weighted by molar-refractivity contribution is 7.82. The number of thiocarbonyl (C=S) groups is 4. The van der Waals surface area contributed by atoms with Crippen LogP contribution in [0.4, 0.5) is 0 Å². The van der Waals surface area contributed by atoms with E-state index in [9.17, 15) is 0 Å². The summed E-state index contributed by atoms with van der Waals surface area (Å²) in [7, 11) is 3.71. The molecule has 1 aromatic rings. The van der Waals surface area contributed by atoms with E-state index in [1.165, 1.54) is 0 Å². The summed E-state index contributed by atoms with van der Waals surface area (Å²) < 4.78 is 0. The van der Waals surface area contributed by atoms with Crippen LogP contribution in [0.25, 0.3) is 0 Å². The third-order valence-electron chi connectivity index (χ3n) is 4.22. The van der Waals surface area contributed by atoms with Crippen LogP contribution in [0.3, 0.4) is 0 Å². The molecule has 28 heavy (non-hydrogen) atoms. The number of hydrazine groups is 2. The molecule has 1 aliphatic rings. The molecule has 2 rings (SSSR count). The van der Waals surface area contributed by atoms with Crippen molar-refractivity contribution in [1.29, 1.82) is 0 Å². The lowest BCUT2D eigenvalue weighted by Crippen LogP contribution is -2.47. The standard InChI is InChI=1S/C20H24N4S4/c1-14-9-7-8-12-16(14)20(28)24(3)22-18(26)13-17(25)21-23(2)19(27)15-10-5-4-6-11-15/h4-8,10-12,14H,9,13H2,1-3H3,(H,21,25)(H,22,26). The van der Waals surface area contributed by atoms with Crippen LogP contribution < -0.4 is 10.9 Å². The van der Waals surface area contributed by atoms with Gasteiger partial charge in [0.05, 0.1) is 6.42 Å². The van der Waals surface area contributed by atoms with Crippen LogP contribution >= 0.6 is 48.9 Å². The molecule has 2 N–H and O–H groups in total. The van der Waals surface area contributed by atoms with Gasteiger partial charge in [-0.1, -0.05) is 104 Å². The molecular formula is C20H24N4S4. The Bertz CT molecular complexity index is 817. The van der Waals surface area contributed by atoms with Crippen LogP contribution in [0, 0.1) is 5.92 Å². The zero-order chi connectivity index (χ0) is 20.7. The molecule has 0 aliphatic heterocycles. The highest BCUT2D eigenvalue weighted by Gasteiger charge is 2.18. The third kappa shape index (κ3) is 6.41. The molecule has 0 heterocycles. The molecular weight excluding hydrogens is 425 g/mol. The Morgan fingerprint density at radius 2 is 1.54 bits per heavy atom. The lowest BCUT2D eigenvalue weighted by Gasteiger charge is -2.28. The number of nitrogens with zero attached hydrogens (tertiary/aromatic N) is 2. The molecule has 0 amide bonds. The van der Waals surface area contributed by atoms with E-state index >= 15 is 0 Å². The summed E-state index contributed by atoms with van der Waals surface area (Å²) in [5.41, 5.74) is 8.33. The second kappa shape index (κ2) is 10.7. The third-order valence-corrected chi connectivity index (χ3v) is 5.71. The summed E-state index contributed by atoms with van der Waals surface area (Å²) in [6.07, 6.45) is 7.64. The van der Waals surface area contributed by atoms with E-state index in [1.54, 1.807) is 10.0 Å². The Balaban J connectivity index is 1.84.